The average Bonchev–Trinajstić information content (AvgIpc) is 2.94. The van der Waals surface area contributed by atoms with E-state index in [1.807, 2.05) is 24.6 Å². The molecule has 112 valence electrons. The summed E-state index contributed by atoms with van der Waals surface area (Å²) in [6, 6.07) is 4.19. The Morgan fingerprint density at radius 1 is 1.33 bits per heavy atom. The van der Waals surface area contributed by atoms with Crippen molar-refractivity contribution in [3.63, 3.8) is 0 Å². The van der Waals surface area contributed by atoms with Crippen molar-refractivity contribution in [1.82, 2.24) is 9.47 Å². The predicted molar refractivity (Wildman–Crippen MR) is 80.6 cm³/mol. The number of benzene rings is 1. The van der Waals surface area contributed by atoms with Crippen LogP contribution in [0.25, 0.3) is 10.9 Å². The van der Waals surface area contributed by atoms with Crippen LogP contribution in [-0.4, -0.2) is 40.8 Å². The lowest BCUT2D eigenvalue weighted by atomic mass is 10.0. The van der Waals surface area contributed by atoms with Crippen LogP contribution in [0.5, 0.6) is 0 Å². The molecule has 3 rings (SSSR count). The van der Waals surface area contributed by atoms with Gasteiger partial charge in [-0.2, -0.15) is 0 Å². The van der Waals surface area contributed by atoms with E-state index < -0.39 is 5.97 Å². The van der Waals surface area contributed by atoms with Gasteiger partial charge in [0.15, 0.2) is 0 Å². The molecular weight excluding hydrogens is 268 g/mol. The molecular formula is C16H20N2O3. The summed E-state index contributed by atoms with van der Waals surface area (Å²) in [6.45, 7) is 5.24. The van der Waals surface area contributed by atoms with E-state index in [1.54, 1.807) is 7.11 Å². The van der Waals surface area contributed by atoms with Gasteiger partial charge in [-0.1, -0.05) is 0 Å². The molecule has 0 atom stereocenters. The number of aromatic nitrogens is 1. The van der Waals surface area contributed by atoms with E-state index in [0.29, 0.717) is 12.2 Å². The highest BCUT2D eigenvalue weighted by molar-refractivity contribution is 6.05. The number of fused-ring (bicyclic) bond motifs is 2. The Labute approximate surface area is 123 Å². The lowest BCUT2D eigenvalue weighted by Crippen LogP contribution is -2.21. The Morgan fingerprint density at radius 3 is 2.62 bits per heavy atom. The zero-order chi connectivity index (χ0) is 15.1. The molecule has 0 spiro atoms. The maximum atomic E-state index is 11.5. The molecule has 2 aromatic rings. The number of aryl methyl sites for hydroxylation is 1. The normalized spacial score (nSPS) is 14.8. The second-order valence-corrected chi connectivity index (χ2v) is 5.67. The van der Waals surface area contributed by atoms with E-state index in [-0.39, 0.29) is 0 Å². The van der Waals surface area contributed by atoms with Crippen molar-refractivity contribution >= 4 is 16.9 Å². The Balaban J connectivity index is 2.05. The lowest BCUT2D eigenvalue weighted by molar-refractivity contribution is 0.0698. The Hall–Kier alpha value is -1.85. The lowest BCUT2D eigenvalue weighted by Gasteiger charge is -2.13. The van der Waals surface area contributed by atoms with Crippen molar-refractivity contribution in [2.75, 3.05) is 20.3 Å². The van der Waals surface area contributed by atoms with E-state index in [9.17, 15) is 9.90 Å². The maximum Gasteiger partial charge on any atom is 0.338 e. The molecule has 1 aliphatic heterocycles. The molecule has 1 aromatic heterocycles. The minimum Gasteiger partial charge on any atom is -0.478 e. The molecule has 0 unspecified atom stereocenters. The highest BCUT2D eigenvalue weighted by Crippen LogP contribution is 2.32. The molecule has 0 saturated heterocycles. The van der Waals surface area contributed by atoms with Crippen LogP contribution in [0.4, 0.5) is 0 Å². The van der Waals surface area contributed by atoms with Crippen LogP contribution >= 0.6 is 0 Å². The Bertz CT molecular complexity index is 718. The molecule has 0 saturated carbocycles. The van der Waals surface area contributed by atoms with Crippen molar-refractivity contribution < 1.29 is 14.6 Å². The third-order valence-electron chi connectivity index (χ3n) is 4.43. The number of nitrogens with zero attached hydrogens (tertiary/aromatic N) is 2. The van der Waals surface area contributed by atoms with Gasteiger partial charge in [0.25, 0.3) is 0 Å². The fourth-order valence-electron chi connectivity index (χ4n) is 3.18. The summed E-state index contributed by atoms with van der Waals surface area (Å²) >= 11 is 0. The number of hydrogen-bond donors (Lipinski definition) is 1. The van der Waals surface area contributed by atoms with Crippen molar-refractivity contribution in [2.24, 2.45) is 7.05 Å². The summed E-state index contributed by atoms with van der Waals surface area (Å²) in [4.78, 5) is 13.8. The van der Waals surface area contributed by atoms with Gasteiger partial charge in [0, 0.05) is 50.4 Å². The van der Waals surface area contributed by atoms with Crippen molar-refractivity contribution in [3.8, 4) is 0 Å². The topological polar surface area (TPSA) is 54.7 Å². The molecule has 21 heavy (non-hydrogen) atoms. The number of carbonyl (C=O) groups is 1. The van der Waals surface area contributed by atoms with E-state index in [0.717, 1.165) is 36.2 Å². The molecule has 0 amide bonds. The van der Waals surface area contributed by atoms with Gasteiger partial charge >= 0.3 is 5.97 Å². The van der Waals surface area contributed by atoms with Gasteiger partial charge in [-0.05, 0) is 30.2 Å². The number of ether oxygens (including phenoxy) is 1. The van der Waals surface area contributed by atoms with Gasteiger partial charge in [-0.25, -0.2) is 4.79 Å². The second kappa shape index (κ2) is 5.16. The number of carboxylic acids is 1. The van der Waals surface area contributed by atoms with Crippen LogP contribution in [0, 0.1) is 6.92 Å². The quantitative estimate of drug-likeness (QED) is 0.936. The number of carboxylic acid groups (broad SMARTS) is 1. The molecule has 2 heterocycles. The molecule has 0 radical (unpaired) electrons. The molecule has 1 N–H and O–H groups in total. The van der Waals surface area contributed by atoms with E-state index in [4.69, 9.17) is 4.74 Å². The van der Waals surface area contributed by atoms with Gasteiger partial charge < -0.3 is 14.4 Å². The first kappa shape index (κ1) is 14.1. The van der Waals surface area contributed by atoms with Crippen molar-refractivity contribution in [3.05, 3.63) is 34.5 Å². The fraction of sp³-hybridized carbons (Fsp3) is 0.438. The van der Waals surface area contributed by atoms with Crippen LogP contribution < -0.4 is 0 Å². The van der Waals surface area contributed by atoms with Crippen LogP contribution in [0.3, 0.4) is 0 Å². The van der Waals surface area contributed by atoms with Crippen LogP contribution in [0.1, 0.15) is 27.2 Å². The van der Waals surface area contributed by atoms with E-state index in [2.05, 4.69) is 11.0 Å². The first-order chi connectivity index (χ1) is 10.0. The number of methoxy groups -OCH3 is 1. The summed E-state index contributed by atoms with van der Waals surface area (Å²) < 4.78 is 7.10. The predicted octanol–water partition coefficient (Wildman–Crippen LogP) is 2.15. The molecule has 5 nitrogen and oxygen atoms in total. The fourth-order valence-corrected chi connectivity index (χ4v) is 3.18. The van der Waals surface area contributed by atoms with Gasteiger partial charge in [0.2, 0.25) is 0 Å². The second-order valence-electron chi connectivity index (χ2n) is 5.67. The number of hydrogen-bond acceptors (Lipinski definition) is 3. The van der Waals surface area contributed by atoms with Crippen LogP contribution in [0.2, 0.25) is 0 Å². The molecule has 0 bridgehead atoms. The van der Waals surface area contributed by atoms with E-state index >= 15 is 0 Å². The van der Waals surface area contributed by atoms with Gasteiger partial charge in [-0.3, -0.25) is 4.90 Å². The highest BCUT2D eigenvalue weighted by atomic mass is 16.5. The minimum atomic E-state index is -0.854. The average molecular weight is 288 g/mol. The van der Waals surface area contributed by atoms with Gasteiger partial charge in [-0.15, -0.1) is 0 Å². The molecule has 5 heteroatoms. The SMILES string of the molecule is COCCN1Cc2cc3c(C(=O)O)c(C)n(C)c3cc2C1. The van der Waals surface area contributed by atoms with Crippen molar-refractivity contribution in [1.29, 1.82) is 0 Å². The van der Waals surface area contributed by atoms with Crippen molar-refractivity contribution in [2.45, 2.75) is 20.0 Å². The summed E-state index contributed by atoms with van der Waals surface area (Å²) in [5, 5.41) is 10.3. The molecule has 1 aliphatic rings. The molecule has 1 aromatic carbocycles. The summed E-state index contributed by atoms with van der Waals surface area (Å²) in [5.74, 6) is -0.854. The largest absolute Gasteiger partial charge is 0.478 e. The standard InChI is InChI=1S/C16H20N2O3/c1-10-15(16(19)20)13-6-11-8-18(4-5-21-3)9-12(11)7-14(13)17(10)2/h6-7H,4-5,8-9H2,1-3H3,(H,19,20). The molecule has 0 aliphatic carbocycles. The van der Waals surface area contributed by atoms with Gasteiger partial charge in [0.05, 0.1) is 12.2 Å². The first-order valence-corrected chi connectivity index (χ1v) is 7.08. The van der Waals surface area contributed by atoms with Gasteiger partial charge in [0.1, 0.15) is 0 Å². The number of aromatic carboxylic acids is 1. The third-order valence-corrected chi connectivity index (χ3v) is 4.43. The zero-order valence-corrected chi connectivity index (χ0v) is 12.6. The number of rotatable bonds is 4. The molecule has 0 fully saturated rings. The van der Waals surface area contributed by atoms with E-state index in [1.165, 1.54) is 11.1 Å². The Kier molecular flexibility index (Phi) is 3.47. The van der Waals surface area contributed by atoms with Crippen LogP contribution in [-0.2, 0) is 24.9 Å². The summed E-state index contributed by atoms with van der Waals surface area (Å²) in [5.41, 5.74) is 4.74. The summed E-state index contributed by atoms with van der Waals surface area (Å²) in [6.07, 6.45) is 0. The smallest absolute Gasteiger partial charge is 0.338 e. The minimum absolute atomic E-state index is 0.422. The summed E-state index contributed by atoms with van der Waals surface area (Å²) in [7, 11) is 3.63. The van der Waals surface area contributed by atoms with Crippen LogP contribution in [0.15, 0.2) is 12.1 Å². The maximum absolute atomic E-state index is 11.5. The Morgan fingerprint density at radius 2 is 2.00 bits per heavy atom. The first-order valence-electron chi connectivity index (χ1n) is 7.08. The highest BCUT2D eigenvalue weighted by Gasteiger charge is 2.24. The monoisotopic (exact) mass is 288 g/mol. The zero-order valence-electron chi connectivity index (χ0n) is 12.6. The third kappa shape index (κ3) is 2.22.